The molecule has 0 bridgehead atoms. The van der Waals surface area contributed by atoms with Crippen LogP contribution in [0.2, 0.25) is 0 Å². The summed E-state index contributed by atoms with van der Waals surface area (Å²) in [4.78, 5) is 12.8. The van der Waals surface area contributed by atoms with E-state index in [1.165, 1.54) is 0 Å². The van der Waals surface area contributed by atoms with Crippen molar-refractivity contribution in [1.82, 2.24) is 10.2 Å². The molecule has 0 aromatic heterocycles. The Kier molecular flexibility index (Phi) is 5.92. The van der Waals surface area contributed by atoms with Crippen molar-refractivity contribution >= 4 is 15.7 Å². The number of hydrogen-bond donors (Lipinski definition) is 1. The van der Waals surface area contributed by atoms with Crippen LogP contribution in [0.4, 0.5) is 22.0 Å². The highest BCUT2D eigenvalue weighted by Crippen LogP contribution is 2.35. The van der Waals surface area contributed by atoms with Crippen LogP contribution in [-0.2, 0) is 20.8 Å². The van der Waals surface area contributed by atoms with E-state index in [0.717, 1.165) is 23.1 Å². The third-order valence-corrected chi connectivity index (χ3v) is 7.48. The largest absolute Gasteiger partial charge is 0.416 e. The van der Waals surface area contributed by atoms with Crippen LogP contribution in [0.15, 0.2) is 29.2 Å². The monoisotopic (exact) mass is 440 g/mol. The quantitative estimate of drug-likeness (QED) is 0.716. The van der Waals surface area contributed by atoms with Crippen LogP contribution in [0.1, 0.15) is 31.2 Å². The van der Waals surface area contributed by atoms with Crippen LogP contribution in [0.3, 0.4) is 0 Å². The number of rotatable bonds is 5. The molecule has 11 heteroatoms. The van der Waals surface area contributed by atoms with E-state index in [1.807, 2.05) is 0 Å². The van der Waals surface area contributed by atoms with Gasteiger partial charge in [0.2, 0.25) is 5.91 Å². The van der Waals surface area contributed by atoms with E-state index in [2.05, 4.69) is 5.32 Å². The van der Waals surface area contributed by atoms with Gasteiger partial charge in [-0.05, 0) is 37.5 Å². The average Bonchev–Trinajstić information content (AvgIpc) is 2.58. The molecule has 162 valence electrons. The fourth-order valence-corrected chi connectivity index (χ4v) is 5.47. The predicted molar refractivity (Wildman–Crippen MR) is 94.2 cm³/mol. The van der Waals surface area contributed by atoms with Crippen molar-refractivity contribution in [3.8, 4) is 0 Å². The van der Waals surface area contributed by atoms with Gasteiger partial charge in [0.05, 0.1) is 28.8 Å². The maximum absolute atomic E-state index is 13.4. The highest BCUT2D eigenvalue weighted by molar-refractivity contribution is 7.92. The molecule has 1 saturated carbocycles. The molecule has 5 nitrogen and oxygen atoms in total. The van der Waals surface area contributed by atoms with Gasteiger partial charge in [0.25, 0.3) is 5.92 Å². The summed E-state index contributed by atoms with van der Waals surface area (Å²) in [6, 6.07) is 3.30. The van der Waals surface area contributed by atoms with E-state index in [9.17, 15) is 35.2 Å². The van der Waals surface area contributed by atoms with Gasteiger partial charge in [-0.3, -0.25) is 4.79 Å². The van der Waals surface area contributed by atoms with Crippen LogP contribution in [0, 0.1) is 0 Å². The van der Waals surface area contributed by atoms with Crippen molar-refractivity contribution in [2.75, 3.05) is 19.6 Å². The van der Waals surface area contributed by atoms with Gasteiger partial charge in [-0.1, -0.05) is 6.07 Å². The number of likely N-dealkylation sites (tertiary alicyclic amines) is 1. The lowest BCUT2D eigenvalue weighted by Gasteiger charge is -2.37. The lowest BCUT2D eigenvalue weighted by molar-refractivity contribution is -0.140. The third kappa shape index (κ3) is 5.06. The van der Waals surface area contributed by atoms with E-state index in [-0.39, 0.29) is 49.7 Å². The summed E-state index contributed by atoms with van der Waals surface area (Å²) >= 11 is 0. The number of halogens is 5. The molecule has 0 radical (unpaired) electrons. The molecule has 1 aliphatic heterocycles. The SMILES string of the molecule is O=C(CNC1CC(S(=O)(=O)c2cccc(C(F)(F)F)c2)C1)N1CCCC(F)(F)C1. The number of sulfone groups is 1. The van der Waals surface area contributed by atoms with Gasteiger partial charge in [0.1, 0.15) is 0 Å². The number of hydrogen-bond acceptors (Lipinski definition) is 4. The first kappa shape index (κ1) is 21.9. The minimum atomic E-state index is -4.64. The number of alkyl halides is 5. The number of nitrogens with zero attached hydrogens (tertiary/aromatic N) is 1. The zero-order valence-electron chi connectivity index (χ0n) is 15.4. The zero-order valence-corrected chi connectivity index (χ0v) is 16.2. The van der Waals surface area contributed by atoms with Crippen LogP contribution in [-0.4, -0.2) is 56.1 Å². The highest BCUT2D eigenvalue weighted by Gasteiger charge is 2.41. The molecule has 1 aliphatic carbocycles. The summed E-state index contributed by atoms with van der Waals surface area (Å²) in [5.74, 6) is -3.37. The average molecular weight is 440 g/mol. The van der Waals surface area contributed by atoms with Crippen LogP contribution >= 0.6 is 0 Å². The molecule has 3 rings (SSSR count). The van der Waals surface area contributed by atoms with Crippen LogP contribution < -0.4 is 5.32 Å². The minimum Gasteiger partial charge on any atom is -0.336 e. The second-order valence-corrected chi connectivity index (χ2v) is 9.74. The summed E-state index contributed by atoms with van der Waals surface area (Å²) in [5, 5.41) is 2.00. The fraction of sp³-hybridized carbons (Fsp3) is 0.611. The molecule has 1 N–H and O–H groups in total. The van der Waals surface area contributed by atoms with Gasteiger partial charge in [-0.25, -0.2) is 17.2 Å². The van der Waals surface area contributed by atoms with Crippen molar-refractivity contribution in [1.29, 1.82) is 0 Å². The zero-order chi connectivity index (χ0) is 21.4. The van der Waals surface area contributed by atoms with Crippen molar-refractivity contribution in [2.24, 2.45) is 0 Å². The maximum Gasteiger partial charge on any atom is 0.416 e. The third-order valence-electron chi connectivity index (χ3n) is 5.31. The van der Waals surface area contributed by atoms with Crippen molar-refractivity contribution in [2.45, 2.75) is 54.0 Å². The van der Waals surface area contributed by atoms with E-state index in [1.54, 1.807) is 0 Å². The molecule has 29 heavy (non-hydrogen) atoms. The first-order chi connectivity index (χ1) is 13.4. The molecular formula is C18H21F5N2O3S. The Hall–Kier alpha value is -1.75. The van der Waals surface area contributed by atoms with Gasteiger partial charge in [0.15, 0.2) is 9.84 Å². The van der Waals surface area contributed by atoms with Crippen LogP contribution in [0.25, 0.3) is 0 Å². The molecule has 0 atom stereocenters. The number of amides is 1. The predicted octanol–water partition coefficient (Wildman–Crippen LogP) is 2.86. The lowest BCUT2D eigenvalue weighted by atomic mass is 9.92. The Morgan fingerprint density at radius 2 is 1.93 bits per heavy atom. The first-order valence-corrected chi connectivity index (χ1v) is 10.7. The summed E-state index contributed by atoms with van der Waals surface area (Å²) in [5.41, 5.74) is -1.03. The summed E-state index contributed by atoms with van der Waals surface area (Å²) in [6.07, 6.45) is -4.38. The Balaban J connectivity index is 1.52. The van der Waals surface area contributed by atoms with E-state index >= 15 is 0 Å². The van der Waals surface area contributed by atoms with E-state index in [0.29, 0.717) is 6.07 Å². The molecule has 1 amide bonds. The second kappa shape index (κ2) is 7.82. The van der Waals surface area contributed by atoms with Gasteiger partial charge >= 0.3 is 6.18 Å². The molecule has 1 aromatic carbocycles. The van der Waals surface area contributed by atoms with Crippen LogP contribution in [0.5, 0.6) is 0 Å². The van der Waals surface area contributed by atoms with E-state index in [4.69, 9.17) is 0 Å². The smallest absolute Gasteiger partial charge is 0.336 e. The molecule has 0 unspecified atom stereocenters. The number of nitrogens with one attached hydrogen (secondary N) is 1. The topological polar surface area (TPSA) is 66.5 Å². The molecule has 2 aliphatic rings. The lowest BCUT2D eigenvalue weighted by Crippen LogP contribution is -2.53. The Morgan fingerprint density at radius 1 is 1.24 bits per heavy atom. The Bertz CT molecular complexity index is 866. The molecule has 1 saturated heterocycles. The molecule has 0 spiro atoms. The highest BCUT2D eigenvalue weighted by atomic mass is 32.2. The van der Waals surface area contributed by atoms with E-state index < -0.39 is 45.2 Å². The summed E-state index contributed by atoms with van der Waals surface area (Å²) in [6.45, 7) is -0.547. The summed E-state index contributed by atoms with van der Waals surface area (Å²) < 4.78 is 90.3. The minimum absolute atomic E-state index is 0.141. The molecular weight excluding hydrogens is 419 g/mol. The first-order valence-electron chi connectivity index (χ1n) is 9.19. The molecule has 1 aromatic rings. The van der Waals surface area contributed by atoms with Crippen molar-refractivity contribution in [3.05, 3.63) is 29.8 Å². The second-order valence-electron chi connectivity index (χ2n) is 7.52. The number of carbonyl (C=O) groups excluding carboxylic acids is 1. The number of benzene rings is 1. The van der Waals surface area contributed by atoms with Gasteiger partial charge in [-0.15, -0.1) is 0 Å². The Labute approximate surface area is 165 Å². The maximum atomic E-state index is 13.4. The number of carbonyl (C=O) groups is 1. The molecule has 1 heterocycles. The fourth-order valence-electron chi connectivity index (χ4n) is 3.55. The number of piperidine rings is 1. The normalized spacial score (nSPS) is 24.8. The summed E-state index contributed by atoms with van der Waals surface area (Å²) in [7, 11) is -3.93. The standard InChI is InChI=1S/C18H21F5N2O3S/c19-17(20)5-2-6-25(11-17)16(26)10-24-13-8-15(9-13)29(27,28)14-4-1-3-12(7-14)18(21,22)23/h1,3-4,7,13,15,24H,2,5-6,8-11H2. The van der Waals surface area contributed by atoms with Crippen molar-refractivity contribution in [3.63, 3.8) is 0 Å². The Morgan fingerprint density at radius 3 is 2.55 bits per heavy atom. The van der Waals surface area contributed by atoms with Gasteiger partial charge in [0, 0.05) is 19.0 Å². The molecule has 2 fully saturated rings. The van der Waals surface area contributed by atoms with Gasteiger partial charge in [-0.2, -0.15) is 13.2 Å². The van der Waals surface area contributed by atoms with Gasteiger partial charge < -0.3 is 10.2 Å². The van der Waals surface area contributed by atoms with Crippen molar-refractivity contribution < 1.29 is 35.2 Å².